The van der Waals surface area contributed by atoms with Crippen LogP contribution < -0.4 is 21.7 Å². The molecule has 0 N–H and O–H groups in total. The number of pyridine rings is 1. The van der Waals surface area contributed by atoms with Gasteiger partial charge in [-0.2, -0.15) is 0 Å². The molecule has 1 heterocycles. The van der Waals surface area contributed by atoms with Crippen LogP contribution >= 0.6 is 11.6 Å². The summed E-state index contributed by atoms with van der Waals surface area (Å²) in [6.45, 7) is 0.731. The number of aromatic nitrogens is 1. The molecule has 1 aromatic heterocycles. The van der Waals surface area contributed by atoms with Gasteiger partial charge in [0.1, 0.15) is 5.75 Å². The quantitative estimate of drug-likeness (QED) is 0.652. The van der Waals surface area contributed by atoms with Gasteiger partial charge in [-0.25, -0.2) is 4.57 Å². The molecule has 4 heteroatoms. The molecule has 0 radical (unpaired) electrons. The molecule has 0 fully saturated rings. The fourth-order valence-electron chi connectivity index (χ4n) is 2.34. The Morgan fingerprint density at radius 3 is 2.57 bits per heavy atom. The van der Waals surface area contributed by atoms with Gasteiger partial charge in [0.25, 0.3) is 0 Å². The second kappa shape index (κ2) is 6.79. The van der Waals surface area contributed by atoms with Crippen LogP contribution in [0.25, 0.3) is 10.8 Å². The van der Waals surface area contributed by atoms with Gasteiger partial charge in [-0.05, 0) is 29.7 Å². The fourth-order valence-corrected chi connectivity index (χ4v) is 2.54. The van der Waals surface area contributed by atoms with Gasteiger partial charge in [0.2, 0.25) is 0 Å². The van der Waals surface area contributed by atoms with E-state index in [1.54, 1.807) is 7.11 Å². The first-order valence-corrected chi connectivity index (χ1v) is 6.84. The molecule has 0 saturated heterocycles. The highest BCUT2D eigenvalue weighted by atomic mass is 35.5. The minimum absolute atomic E-state index is 0. The smallest absolute Gasteiger partial charge is 0.177 e. The molecule has 0 saturated carbocycles. The Balaban J connectivity index is 0.00000161. The molecule has 3 aromatic rings. The number of ether oxygens (including phenoxy) is 1. The van der Waals surface area contributed by atoms with Crippen molar-refractivity contribution in [3.05, 3.63) is 71.5 Å². The predicted molar refractivity (Wildman–Crippen MR) is 81.2 cm³/mol. The summed E-state index contributed by atoms with van der Waals surface area (Å²) in [5.74, 6) is 0.857. The first-order chi connectivity index (χ1) is 9.76. The van der Waals surface area contributed by atoms with E-state index < -0.39 is 0 Å². The lowest BCUT2D eigenvalue weighted by atomic mass is 10.1. The average molecular weight is 320 g/mol. The molecule has 0 unspecified atom stereocenters. The highest BCUT2D eigenvalue weighted by Crippen LogP contribution is 2.22. The molecule has 0 aliphatic carbocycles. The van der Waals surface area contributed by atoms with Gasteiger partial charge in [-0.3, -0.25) is 0 Å². The molecule has 21 heavy (non-hydrogen) atoms. The predicted octanol–water partition coefficient (Wildman–Crippen LogP) is 0.842. The van der Waals surface area contributed by atoms with E-state index in [0.717, 1.165) is 22.9 Å². The third kappa shape index (κ3) is 3.46. The Hall–Kier alpha value is -1.77. The van der Waals surface area contributed by atoms with Crippen molar-refractivity contribution in [2.75, 3.05) is 7.11 Å². The van der Waals surface area contributed by atoms with E-state index in [0.29, 0.717) is 0 Å². The van der Waals surface area contributed by atoms with Gasteiger partial charge in [0.05, 0.1) is 12.7 Å². The summed E-state index contributed by atoms with van der Waals surface area (Å²) in [6, 6.07) is 16.1. The SMILES string of the molecule is COc1ccc(Cl)cc1C[n+]1ccc2ccccc2c1.[Cl-]. The van der Waals surface area contributed by atoms with Crippen LogP contribution in [0.4, 0.5) is 0 Å². The Morgan fingerprint density at radius 2 is 1.81 bits per heavy atom. The standard InChI is InChI=1S/C17H15ClNO.ClH/c1-20-17-7-6-16(18)10-15(17)12-19-9-8-13-4-2-3-5-14(13)11-19;/h2-11H,12H2,1H3;1H/q+1;/p-1. The summed E-state index contributed by atoms with van der Waals surface area (Å²) >= 11 is 6.07. The van der Waals surface area contributed by atoms with Crippen LogP contribution in [0.15, 0.2) is 60.9 Å². The number of fused-ring (bicyclic) bond motifs is 1. The lowest BCUT2D eigenvalue weighted by molar-refractivity contribution is -0.687. The normalized spacial score (nSPS) is 10.2. The molecule has 0 aliphatic heterocycles. The summed E-state index contributed by atoms with van der Waals surface area (Å²) in [7, 11) is 1.68. The first kappa shape index (κ1) is 15.6. The van der Waals surface area contributed by atoms with Crippen molar-refractivity contribution in [2.45, 2.75) is 6.54 Å². The van der Waals surface area contributed by atoms with Crippen LogP contribution in [0.2, 0.25) is 5.02 Å². The van der Waals surface area contributed by atoms with Crippen molar-refractivity contribution in [1.82, 2.24) is 0 Å². The molecule has 3 rings (SSSR count). The number of rotatable bonds is 3. The zero-order chi connectivity index (χ0) is 13.9. The van der Waals surface area contributed by atoms with Gasteiger partial charge >= 0.3 is 0 Å². The average Bonchev–Trinajstić information content (AvgIpc) is 2.47. The van der Waals surface area contributed by atoms with Crippen molar-refractivity contribution < 1.29 is 21.7 Å². The van der Waals surface area contributed by atoms with E-state index in [1.807, 2.05) is 30.3 Å². The van der Waals surface area contributed by atoms with E-state index in [-0.39, 0.29) is 12.4 Å². The maximum absolute atomic E-state index is 6.07. The number of halogens is 2. The Kier molecular flexibility index (Phi) is 5.05. The molecule has 108 valence electrons. The lowest BCUT2D eigenvalue weighted by Crippen LogP contribution is -3.00. The Bertz CT molecular complexity index is 759. The van der Waals surface area contributed by atoms with Crippen LogP contribution in [0, 0.1) is 0 Å². The molecule has 0 aliphatic rings. The van der Waals surface area contributed by atoms with Gasteiger partial charge in [0, 0.05) is 16.5 Å². The van der Waals surface area contributed by atoms with Crippen LogP contribution in [0.3, 0.4) is 0 Å². The van der Waals surface area contributed by atoms with Gasteiger partial charge in [-0.15, -0.1) is 0 Å². The number of nitrogens with zero attached hydrogens (tertiary/aromatic N) is 1. The van der Waals surface area contributed by atoms with Crippen molar-refractivity contribution in [3.63, 3.8) is 0 Å². The maximum atomic E-state index is 6.07. The molecular weight excluding hydrogens is 305 g/mol. The number of hydrogen-bond acceptors (Lipinski definition) is 1. The van der Waals surface area contributed by atoms with E-state index in [4.69, 9.17) is 16.3 Å². The highest BCUT2D eigenvalue weighted by Gasteiger charge is 2.10. The summed E-state index contributed by atoms with van der Waals surface area (Å²) in [4.78, 5) is 0. The van der Waals surface area contributed by atoms with E-state index in [1.165, 1.54) is 10.8 Å². The van der Waals surface area contributed by atoms with Gasteiger partial charge in [0.15, 0.2) is 18.9 Å². The van der Waals surface area contributed by atoms with Crippen LogP contribution in [0.5, 0.6) is 5.75 Å². The monoisotopic (exact) mass is 319 g/mol. The molecule has 2 aromatic carbocycles. The number of methoxy groups -OCH3 is 1. The summed E-state index contributed by atoms with van der Waals surface area (Å²) in [5.41, 5.74) is 1.07. The van der Waals surface area contributed by atoms with Gasteiger partial charge in [-0.1, -0.05) is 29.8 Å². The Labute approximate surface area is 135 Å². The second-order valence-corrected chi connectivity index (χ2v) is 5.14. The van der Waals surface area contributed by atoms with Crippen molar-refractivity contribution in [3.8, 4) is 5.75 Å². The third-order valence-corrected chi connectivity index (χ3v) is 3.58. The summed E-state index contributed by atoms with van der Waals surface area (Å²) in [6.07, 6.45) is 4.21. The van der Waals surface area contributed by atoms with Crippen LogP contribution in [0.1, 0.15) is 5.56 Å². The third-order valence-electron chi connectivity index (χ3n) is 3.34. The molecule has 0 bridgehead atoms. The molecule has 0 amide bonds. The van der Waals surface area contributed by atoms with E-state index in [2.05, 4.69) is 35.2 Å². The number of benzene rings is 2. The van der Waals surface area contributed by atoms with E-state index >= 15 is 0 Å². The minimum atomic E-state index is 0. The number of hydrogen-bond donors (Lipinski definition) is 0. The minimum Gasteiger partial charge on any atom is -1.00 e. The fraction of sp³-hybridized carbons (Fsp3) is 0.118. The van der Waals surface area contributed by atoms with Crippen LogP contribution in [-0.2, 0) is 6.54 Å². The van der Waals surface area contributed by atoms with Gasteiger partial charge < -0.3 is 17.1 Å². The molecule has 0 spiro atoms. The zero-order valence-corrected chi connectivity index (χ0v) is 13.1. The maximum Gasteiger partial charge on any atom is 0.177 e. The second-order valence-electron chi connectivity index (χ2n) is 4.70. The zero-order valence-electron chi connectivity index (χ0n) is 11.6. The highest BCUT2D eigenvalue weighted by molar-refractivity contribution is 6.30. The lowest BCUT2D eigenvalue weighted by Gasteiger charge is -2.06. The van der Waals surface area contributed by atoms with Crippen molar-refractivity contribution in [1.29, 1.82) is 0 Å². The van der Waals surface area contributed by atoms with E-state index in [9.17, 15) is 0 Å². The molecular formula is C17H15Cl2NO. The van der Waals surface area contributed by atoms with Crippen molar-refractivity contribution in [2.24, 2.45) is 0 Å². The Morgan fingerprint density at radius 1 is 1.05 bits per heavy atom. The van der Waals surface area contributed by atoms with Crippen LogP contribution in [-0.4, -0.2) is 7.11 Å². The summed E-state index contributed by atoms with van der Waals surface area (Å²) < 4.78 is 7.52. The largest absolute Gasteiger partial charge is 1.00 e. The summed E-state index contributed by atoms with van der Waals surface area (Å²) in [5, 5.41) is 3.18. The van der Waals surface area contributed by atoms with Crippen molar-refractivity contribution >= 4 is 22.4 Å². The molecule has 2 nitrogen and oxygen atoms in total. The topological polar surface area (TPSA) is 13.1 Å². The molecule has 0 atom stereocenters. The first-order valence-electron chi connectivity index (χ1n) is 6.46.